The van der Waals surface area contributed by atoms with Gasteiger partial charge in [0, 0.05) is 55.9 Å². The first-order valence-corrected chi connectivity index (χ1v) is 10.8. The Bertz CT molecular complexity index is 483. The highest BCUT2D eigenvalue weighted by molar-refractivity contribution is 5.06. The lowest BCUT2D eigenvalue weighted by atomic mass is 9.84. The molecular formula is C21H40N4. The van der Waals surface area contributed by atoms with E-state index in [0.717, 1.165) is 12.1 Å². The number of hydrogen-bond acceptors (Lipinski definition) is 4. The topological polar surface area (TPSA) is 13.0 Å². The fourth-order valence-corrected chi connectivity index (χ4v) is 6.13. The van der Waals surface area contributed by atoms with Crippen molar-refractivity contribution in [1.29, 1.82) is 0 Å². The van der Waals surface area contributed by atoms with Crippen LogP contribution >= 0.6 is 0 Å². The molecule has 2 spiro atoms. The Morgan fingerprint density at radius 3 is 1.56 bits per heavy atom. The first kappa shape index (κ1) is 18.2. The molecule has 4 saturated heterocycles. The molecule has 0 amide bonds. The van der Waals surface area contributed by atoms with Crippen LogP contribution in [0.4, 0.5) is 0 Å². The van der Waals surface area contributed by atoms with Crippen LogP contribution in [0.1, 0.15) is 58.8 Å². The van der Waals surface area contributed by atoms with Gasteiger partial charge in [-0.25, -0.2) is 0 Å². The van der Waals surface area contributed by atoms with Gasteiger partial charge in [-0.3, -0.25) is 19.6 Å². The Kier molecular flexibility index (Phi) is 4.94. The van der Waals surface area contributed by atoms with Crippen LogP contribution in [0.15, 0.2) is 0 Å². The van der Waals surface area contributed by atoms with Crippen LogP contribution in [0.3, 0.4) is 0 Å². The zero-order valence-electron chi connectivity index (χ0n) is 17.1. The van der Waals surface area contributed by atoms with Gasteiger partial charge in [-0.2, -0.15) is 0 Å². The Balaban J connectivity index is 1.23. The highest BCUT2D eigenvalue weighted by Crippen LogP contribution is 2.39. The molecule has 4 nitrogen and oxygen atoms in total. The molecule has 0 aromatic rings. The summed E-state index contributed by atoms with van der Waals surface area (Å²) in [6, 6.07) is 1.50. The normalized spacial score (nSPS) is 40.3. The van der Waals surface area contributed by atoms with Crippen LogP contribution in [0.2, 0.25) is 0 Å². The van der Waals surface area contributed by atoms with E-state index in [0.29, 0.717) is 11.1 Å². The number of rotatable bonds is 5. The van der Waals surface area contributed by atoms with Crippen LogP contribution < -0.4 is 0 Å². The second kappa shape index (κ2) is 6.78. The van der Waals surface area contributed by atoms with Crippen molar-refractivity contribution in [2.45, 2.75) is 82.0 Å². The van der Waals surface area contributed by atoms with E-state index in [2.05, 4.69) is 47.5 Å². The summed E-state index contributed by atoms with van der Waals surface area (Å²) in [5.41, 5.74) is 1.07. The standard InChI is InChI=1S/C21H40N4/c1-18(24-14-10-20(16-24)8-5-12-22(20)3)6-7-19(2)25-15-11-21(17-25)9-13-23(21)4/h18-19H,5-17H2,1-4H3/t18-,19+,20?,21?/m1/s1. The molecule has 4 aliphatic heterocycles. The number of likely N-dealkylation sites (N-methyl/N-ethyl adjacent to an activating group) is 2. The van der Waals surface area contributed by atoms with Crippen molar-refractivity contribution in [2.75, 3.05) is 53.4 Å². The van der Waals surface area contributed by atoms with Crippen LogP contribution in [0, 0.1) is 0 Å². The Hall–Kier alpha value is -0.160. The largest absolute Gasteiger partial charge is 0.299 e. The summed E-state index contributed by atoms with van der Waals surface area (Å²) in [5.74, 6) is 0. The molecule has 4 aliphatic rings. The maximum Gasteiger partial charge on any atom is 0.0357 e. The van der Waals surface area contributed by atoms with Crippen molar-refractivity contribution in [1.82, 2.24) is 19.6 Å². The molecule has 4 fully saturated rings. The highest BCUT2D eigenvalue weighted by atomic mass is 15.3. The van der Waals surface area contributed by atoms with E-state index in [4.69, 9.17) is 0 Å². The van der Waals surface area contributed by atoms with Gasteiger partial charge in [0.25, 0.3) is 0 Å². The maximum absolute atomic E-state index is 2.79. The molecule has 25 heavy (non-hydrogen) atoms. The van der Waals surface area contributed by atoms with E-state index in [1.54, 1.807) is 0 Å². The lowest BCUT2D eigenvalue weighted by Gasteiger charge is -2.49. The van der Waals surface area contributed by atoms with Crippen molar-refractivity contribution >= 4 is 0 Å². The Morgan fingerprint density at radius 1 is 0.680 bits per heavy atom. The summed E-state index contributed by atoms with van der Waals surface area (Å²) in [6.45, 7) is 12.8. The minimum atomic E-state index is 0.524. The molecule has 4 rings (SSSR count). The van der Waals surface area contributed by atoms with Crippen LogP contribution in [0.25, 0.3) is 0 Å². The van der Waals surface area contributed by atoms with Gasteiger partial charge in [-0.15, -0.1) is 0 Å². The summed E-state index contributed by atoms with van der Waals surface area (Å²) in [7, 11) is 4.67. The van der Waals surface area contributed by atoms with E-state index in [1.807, 2.05) is 0 Å². The predicted molar refractivity (Wildman–Crippen MR) is 105 cm³/mol. The third-order valence-corrected chi connectivity index (χ3v) is 8.64. The number of hydrogen-bond donors (Lipinski definition) is 0. The van der Waals surface area contributed by atoms with E-state index in [-0.39, 0.29) is 0 Å². The van der Waals surface area contributed by atoms with E-state index in [1.165, 1.54) is 84.2 Å². The summed E-state index contributed by atoms with van der Waals surface area (Å²) in [5, 5.41) is 0. The van der Waals surface area contributed by atoms with Gasteiger partial charge < -0.3 is 0 Å². The second-order valence-electron chi connectivity index (χ2n) is 9.86. The van der Waals surface area contributed by atoms with E-state index >= 15 is 0 Å². The molecule has 0 aromatic carbocycles. The molecule has 0 N–H and O–H groups in total. The summed E-state index contributed by atoms with van der Waals surface area (Å²) in [6.07, 6.45) is 9.76. The molecule has 4 heterocycles. The maximum atomic E-state index is 2.79. The number of nitrogens with zero attached hydrogens (tertiary/aromatic N) is 4. The van der Waals surface area contributed by atoms with Crippen molar-refractivity contribution in [2.24, 2.45) is 0 Å². The van der Waals surface area contributed by atoms with Crippen molar-refractivity contribution in [3.63, 3.8) is 0 Å². The van der Waals surface area contributed by atoms with Gasteiger partial charge in [0.2, 0.25) is 0 Å². The van der Waals surface area contributed by atoms with E-state index < -0.39 is 0 Å². The molecule has 2 unspecified atom stereocenters. The first-order valence-electron chi connectivity index (χ1n) is 10.8. The van der Waals surface area contributed by atoms with Crippen molar-refractivity contribution in [3.05, 3.63) is 0 Å². The van der Waals surface area contributed by atoms with Crippen LogP contribution in [-0.2, 0) is 0 Å². The van der Waals surface area contributed by atoms with Crippen molar-refractivity contribution < 1.29 is 0 Å². The van der Waals surface area contributed by atoms with Gasteiger partial charge in [0.1, 0.15) is 0 Å². The summed E-state index contributed by atoms with van der Waals surface area (Å²) >= 11 is 0. The first-order chi connectivity index (χ1) is 11.9. The summed E-state index contributed by atoms with van der Waals surface area (Å²) < 4.78 is 0. The molecule has 4 heteroatoms. The second-order valence-corrected chi connectivity index (χ2v) is 9.86. The fraction of sp³-hybridized carbons (Fsp3) is 1.00. The van der Waals surface area contributed by atoms with Crippen LogP contribution in [-0.4, -0.2) is 96.1 Å². The molecule has 4 atom stereocenters. The molecule has 0 radical (unpaired) electrons. The molecule has 144 valence electrons. The third kappa shape index (κ3) is 3.18. The minimum Gasteiger partial charge on any atom is -0.299 e. The van der Waals surface area contributed by atoms with Gasteiger partial charge >= 0.3 is 0 Å². The van der Waals surface area contributed by atoms with Gasteiger partial charge in [-0.05, 0) is 79.4 Å². The molecule has 0 aliphatic carbocycles. The molecule has 0 aromatic heterocycles. The summed E-state index contributed by atoms with van der Waals surface area (Å²) in [4.78, 5) is 10.8. The minimum absolute atomic E-state index is 0.524. The zero-order chi connectivity index (χ0) is 17.7. The number of likely N-dealkylation sites (tertiary alicyclic amines) is 4. The Morgan fingerprint density at radius 2 is 1.16 bits per heavy atom. The smallest absolute Gasteiger partial charge is 0.0357 e. The van der Waals surface area contributed by atoms with Crippen molar-refractivity contribution in [3.8, 4) is 0 Å². The van der Waals surface area contributed by atoms with Crippen LogP contribution in [0.5, 0.6) is 0 Å². The quantitative estimate of drug-likeness (QED) is 0.757. The average molecular weight is 349 g/mol. The average Bonchev–Trinajstić information content (AvgIpc) is 3.32. The lowest BCUT2D eigenvalue weighted by Crippen LogP contribution is -2.59. The van der Waals surface area contributed by atoms with Gasteiger partial charge in [0.15, 0.2) is 0 Å². The van der Waals surface area contributed by atoms with E-state index in [9.17, 15) is 0 Å². The molecular weight excluding hydrogens is 308 g/mol. The third-order valence-electron chi connectivity index (χ3n) is 8.64. The zero-order valence-corrected chi connectivity index (χ0v) is 17.1. The molecule has 0 bridgehead atoms. The monoisotopic (exact) mass is 348 g/mol. The van der Waals surface area contributed by atoms with Gasteiger partial charge in [-0.1, -0.05) is 0 Å². The fourth-order valence-electron chi connectivity index (χ4n) is 6.13. The molecule has 0 saturated carbocycles. The predicted octanol–water partition coefficient (Wildman–Crippen LogP) is 2.49. The SMILES string of the molecule is C[C@H](CC[C@H](C)N1CCC2(CCN2C)C1)N1CCC2(CCCN2C)C1. The highest BCUT2D eigenvalue weighted by Gasteiger charge is 2.48. The lowest BCUT2D eigenvalue weighted by molar-refractivity contribution is 0.0156. The Labute approximate surface area is 155 Å². The van der Waals surface area contributed by atoms with Gasteiger partial charge in [0.05, 0.1) is 0 Å².